The zero-order valence-electron chi connectivity index (χ0n) is 13.2. The molecule has 0 unspecified atom stereocenters. The fraction of sp³-hybridized carbons (Fsp3) is 0.625. The van der Waals surface area contributed by atoms with Crippen LogP contribution in [-0.4, -0.2) is 29.5 Å². The van der Waals surface area contributed by atoms with Crippen LogP contribution >= 0.6 is 0 Å². The molecule has 0 aliphatic carbocycles. The van der Waals surface area contributed by atoms with Crippen molar-refractivity contribution in [3.63, 3.8) is 0 Å². The number of benzene rings is 1. The van der Waals surface area contributed by atoms with Crippen molar-refractivity contribution < 1.29 is 4.92 Å². The summed E-state index contributed by atoms with van der Waals surface area (Å²) >= 11 is 0. The minimum atomic E-state index is -0.321. The lowest BCUT2D eigenvalue weighted by atomic mass is 9.82. The monoisotopic (exact) mass is 291 g/mol. The minimum Gasteiger partial charge on any atom is -0.385 e. The molecule has 2 rings (SSSR count). The van der Waals surface area contributed by atoms with E-state index in [0.717, 1.165) is 37.4 Å². The van der Waals surface area contributed by atoms with Crippen molar-refractivity contribution in [3.8, 4) is 0 Å². The van der Waals surface area contributed by atoms with Gasteiger partial charge in [0.2, 0.25) is 0 Å². The number of rotatable bonds is 5. The molecule has 1 fully saturated rings. The number of nitrogens with one attached hydrogen (secondary N) is 1. The Hall–Kier alpha value is -1.62. The second-order valence-electron chi connectivity index (χ2n) is 6.57. The van der Waals surface area contributed by atoms with Gasteiger partial charge in [0.25, 0.3) is 5.69 Å². The summed E-state index contributed by atoms with van der Waals surface area (Å²) in [6.45, 7) is 10.4. The quantitative estimate of drug-likeness (QED) is 0.664. The summed E-state index contributed by atoms with van der Waals surface area (Å²) in [6, 6.07) is 5.10. The van der Waals surface area contributed by atoms with E-state index in [9.17, 15) is 10.1 Å². The average molecular weight is 291 g/mol. The molecule has 0 radical (unpaired) electrons. The van der Waals surface area contributed by atoms with E-state index in [2.05, 4.69) is 24.1 Å². The highest BCUT2D eigenvalue weighted by molar-refractivity contribution is 5.56. The number of nitro benzene ring substituents is 1. The number of nitro groups is 1. The standard InChI is InChI=1S/C16H25N3O2/c1-4-17-15-6-5-14(19(20)21)11-13(15)12-18-9-7-16(2,3)8-10-18/h5-6,11,17H,4,7-10,12H2,1-3H3. The summed E-state index contributed by atoms with van der Waals surface area (Å²) < 4.78 is 0. The maximum atomic E-state index is 11.0. The molecule has 5 heteroatoms. The number of likely N-dealkylation sites (tertiary alicyclic amines) is 1. The van der Waals surface area contributed by atoms with Gasteiger partial charge in [-0.15, -0.1) is 0 Å². The Bertz CT molecular complexity index is 504. The van der Waals surface area contributed by atoms with Crippen LogP contribution in [0.5, 0.6) is 0 Å². The Labute approximate surface area is 126 Å². The van der Waals surface area contributed by atoms with Gasteiger partial charge in [0.05, 0.1) is 4.92 Å². The van der Waals surface area contributed by atoms with Gasteiger partial charge < -0.3 is 5.32 Å². The summed E-state index contributed by atoms with van der Waals surface area (Å²) in [4.78, 5) is 13.0. The van der Waals surface area contributed by atoms with E-state index in [0.29, 0.717) is 5.41 Å². The molecule has 0 bridgehead atoms. The Morgan fingerprint density at radius 2 is 2.00 bits per heavy atom. The summed E-state index contributed by atoms with van der Waals surface area (Å²) in [5, 5.41) is 14.3. The van der Waals surface area contributed by atoms with Crippen LogP contribution in [0.25, 0.3) is 0 Å². The van der Waals surface area contributed by atoms with E-state index in [4.69, 9.17) is 0 Å². The first-order valence-corrected chi connectivity index (χ1v) is 7.65. The van der Waals surface area contributed by atoms with Gasteiger partial charge in [-0.3, -0.25) is 15.0 Å². The molecule has 0 saturated carbocycles. The summed E-state index contributed by atoms with van der Waals surface area (Å²) in [6.07, 6.45) is 2.36. The molecule has 21 heavy (non-hydrogen) atoms. The molecule has 1 aliphatic heterocycles. The number of hydrogen-bond donors (Lipinski definition) is 1. The third kappa shape index (κ3) is 4.17. The van der Waals surface area contributed by atoms with Crippen molar-refractivity contribution in [2.45, 2.75) is 40.2 Å². The molecule has 1 saturated heterocycles. The van der Waals surface area contributed by atoms with Gasteiger partial charge >= 0.3 is 0 Å². The van der Waals surface area contributed by atoms with E-state index < -0.39 is 0 Å². The second kappa shape index (κ2) is 6.43. The first-order valence-electron chi connectivity index (χ1n) is 7.65. The summed E-state index contributed by atoms with van der Waals surface area (Å²) in [5.74, 6) is 0. The third-order valence-electron chi connectivity index (χ3n) is 4.27. The Kier molecular flexibility index (Phi) is 4.83. The molecule has 0 aromatic heterocycles. The smallest absolute Gasteiger partial charge is 0.269 e. The summed E-state index contributed by atoms with van der Waals surface area (Å²) in [5.41, 5.74) is 2.62. The van der Waals surface area contributed by atoms with Gasteiger partial charge in [0.15, 0.2) is 0 Å². The zero-order valence-corrected chi connectivity index (χ0v) is 13.2. The molecule has 1 aliphatic rings. The lowest BCUT2D eigenvalue weighted by Crippen LogP contribution is -2.36. The molecule has 1 aromatic carbocycles. The Balaban J connectivity index is 2.13. The fourth-order valence-electron chi connectivity index (χ4n) is 2.74. The number of anilines is 1. The van der Waals surface area contributed by atoms with Crippen LogP contribution in [0.15, 0.2) is 18.2 Å². The van der Waals surface area contributed by atoms with Gasteiger partial charge in [-0.25, -0.2) is 0 Å². The van der Waals surface area contributed by atoms with Crippen LogP contribution in [0.2, 0.25) is 0 Å². The highest BCUT2D eigenvalue weighted by Gasteiger charge is 2.25. The van der Waals surface area contributed by atoms with Crippen molar-refractivity contribution in [3.05, 3.63) is 33.9 Å². The van der Waals surface area contributed by atoms with Crippen LogP contribution < -0.4 is 5.32 Å². The summed E-state index contributed by atoms with van der Waals surface area (Å²) in [7, 11) is 0. The lowest BCUT2D eigenvalue weighted by molar-refractivity contribution is -0.384. The first-order chi connectivity index (χ1) is 9.91. The Morgan fingerprint density at radius 1 is 1.33 bits per heavy atom. The van der Waals surface area contributed by atoms with E-state index in [1.807, 2.05) is 13.0 Å². The number of piperidine rings is 1. The molecule has 0 amide bonds. The highest BCUT2D eigenvalue weighted by Crippen LogP contribution is 2.31. The van der Waals surface area contributed by atoms with Gasteiger partial charge in [0, 0.05) is 30.9 Å². The van der Waals surface area contributed by atoms with Gasteiger partial charge in [-0.05, 0) is 49.9 Å². The maximum absolute atomic E-state index is 11.0. The fourth-order valence-corrected chi connectivity index (χ4v) is 2.74. The minimum absolute atomic E-state index is 0.170. The predicted octanol–water partition coefficient (Wildman–Crippen LogP) is 3.65. The highest BCUT2D eigenvalue weighted by atomic mass is 16.6. The molecule has 1 N–H and O–H groups in total. The van der Waals surface area contributed by atoms with Crippen molar-refractivity contribution in [1.82, 2.24) is 4.90 Å². The molecule has 0 atom stereocenters. The van der Waals surface area contributed by atoms with Crippen molar-refractivity contribution in [2.75, 3.05) is 25.0 Å². The molecule has 1 aromatic rings. The maximum Gasteiger partial charge on any atom is 0.269 e. The second-order valence-corrected chi connectivity index (χ2v) is 6.57. The van der Waals surface area contributed by atoms with E-state index in [1.165, 1.54) is 12.8 Å². The van der Waals surface area contributed by atoms with Crippen LogP contribution in [0.1, 0.15) is 39.2 Å². The zero-order chi connectivity index (χ0) is 15.5. The SMILES string of the molecule is CCNc1ccc([N+](=O)[O-])cc1CN1CCC(C)(C)CC1. The van der Waals surface area contributed by atoms with Crippen LogP contribution in [0.4, 0.5) is 11.4 Å². The third-order valence-corrected chi connectivity index (χ3v) is 4.27. The molecular weight excluding hydrogens is 266 g/mol. The normalized spacial score (nSPS) is 18.4. The number of nitrogens with zero attached hydrogens (tertiary/aromatic N) is 2. The van der Waals surface area contributed by atoms with E-state index in [1.54, 1.807) is 12.1 Å². The molecular formula is C16H25N3O2. The first kappa shape index (κ1) is 15.8. The van der Waals surface area contributed by atoms with Crippen LogP contribution in [-0.2, 0) is 6.54 Å². The Morgan fingerprint density at radius 3 is 2.57 bits per heavy atom. The predicted molar refractivity (Wildman–Crippen MR) is 85.6 cm³/mol. The van der Waals surface area contributed by atoms with Gasteiger partial charge in [-0.2, -0.15) is 0 Å². The van der Waals surface area contributed by atoms with Gasteiger partial charge in [-0.1, -0.05) is 13.8 Å². The average Bonchev–Trinajstić information content (AvgIpc) is 2.43. The van der Waals surface area contributed by atoms with Crippen molar-refractivity contribution in [2.24, 2.45) is 5.41 Å². The van der Waals surface area contributed by atoms with Gasteiger partial charge in [0.1, 0.15) is 0 Å². The van der Waals surface area contributed by atoms with Crippen LogP contribution in [0, 0.1) is 15.5 Å². The van der Waals surface area contributed by atoms with Crippen molar-refractivity contribution in [1.29, 1.82) is 0 Å². The molecule has 116 valence electrons. The van der Waals surface area contributed by atoms with Crippen molar-refractivity contribution >= 4 is 11.4 Å². The lowest BCUT2D eigenvalue weighted by Gasteiger charge is -2.37. The van der Waals surface area contributed by atoms with E-state index >= 15 is 0 Å². The molecule has 0 spiro atoms. The van der Waals surface area contributed by atoms with E-state index in [-0.39, 0.29) is 10.6 Å². The number of non-ortho nitro benzene ring substituents is 1. The molecule has 1 heterocycles. The topological polar surface area (TPSA) is 58.4 Å². The number of hydrogen-bond acceptors (Lipinski definition) is 4. The largest absolute Gasteiger partial charge is 0.385 e. The molecule has 5 nitrogen and oxygen atoms in total. The van der Waals surface area contributed by atoms with Crippen LogP contribution in [0.3, 0.4) is 0 Å².